The molecule has 2 atom stereocenters. The highest BCUT2D eigenvalue weighted by molar-refractivity contribution is 5.21. The van der Waals surface area contributed by atoms with E-state index in [4.69, 9.17) is 0 Å². The van der Waals surface area contributed by atoms with E-state index in [0.717, 1.165) is 17.0 Å². The van der Waals surface area contributed by atoms with Crippen molar-refractivity contribution in [1.82, 2.24) is 4.57 Å². The summed E-state index contributed by atoms with van der Waals surface area (Å²) in [5.74, 6) is 0. The third-order valence-corrected chi connectivity index (χ3v) is 3.35. The number of aromatic nitrogens is 1. The minimum atomic E-state index is -0.707. The lowest BCUT2D eigenvalue weighted by Gasteiger charge is -2.26. The fourth-order valence-corrected chi connectivity index (χ4v) is 2.40. The molecule has 3 heteroatoms. The van der Waals surface area contributed by atoms with Gasteiger partial charge in [-0.15, -0.1) is 0 Å². The van der Waals surface area contributed by atoms with E-state index in [1.165, 1.54) is 0 Å². The first-order chi connectivity index (χ1) is 8.65. The van der Waals surface area contributed by atoms with Crippen LogP contribution in [0.4, 0.5) is 0 Å². The number of aryl methyl sites for hydroxylation is 2. The van der Waals surface area contributed by atoms with E-state index < -0.39 is 6.10 Å². The molecule has 0 radical (unpaired) electrons. The van der Waals surface area contributed by atoms with E-state index in [9.17, 15) is 10.2 Å². The van der Waals surface area contributed by atoms with Crippen LogP contribution in [0, 0.1) is 13.8 Å². The highest BCUT2D eigenvalue weighted by Gasteiger charge is 2.23. The Hall–Kier alpha value is -1.58. The molecule has 0 saturated heterocycles. The first-order valence-corrected chi connectivity index (χ1v) is 6.13. The van der Waals surface area contributed by atoms with Crippen molar-refractivity contribution in [2.45, 2.75) is 26.0 Å². The van der Waals surface area contributed by atoms with Crippen molar-refractivity contribution in [3.05, 3.63) is 59.4 Å². The van der Waals surface area contributed by atoms with Gasteiger partial charge in [-0.25, -0.2) is 0 Å². The number of aliphatic hydroxyl groups excluding tert-OH is 2. The summed E-state index contributed by atoms with van der Waals surface area (Å²) in [5, 5.41) is 20.0. The molecule has 0 aliphatic heterocycles. The monoisotopic (exact) mass is 245 g/mol. The molecular formula is C15H19NO2. The Bertz CT molecular complexity index is 485. The van der Waals surface area contributed by atoms with Gasteiger partial charge >= 0.3 is 0 Å². The molecule has 0 aliphatic carbocycles. The van der Waals surface area contributed by atoms with E-state index in [2.05, 4.69) is 0 Å². The average molecular weight is 245 g/mol. The zero-order valence-corrected chi connectivity index (χ0v) is 10.7. The van der Waals surface area contributed by atoms with Crippen LogP contribution in [-0.4, -0.2) is 21.4 Å². The molecule has 18 heavy (non-hydrogen) atoms. The number of aliphatic hydroxyl groups is 2. The highest BCUT2D eigenvalue weighted by Crippen LogP contribution is 2.28. The fourth-order valence-electron chi connectivity index (χ4n) is 2.40. The predicted octanol–water partition coefficient (Wildman–Crippen LogP) is 2.37. The summed E-state index contributed by atoms with van der Waals surface area (Å²) in [6.45, 7) is 3.87. The summed E-state index contributed by atoms with van der Waals surface area (Å²) >= 11 is 0. The molecule has 2 aromatic rings. The summed E-state index contributed by atoms with van der Waals surface area (Å²) in [4.78, 5) is 0. The first-order valence-electron chi connectivity index (χ1n) is 6.13. The molecule has 1 aromatic carbocycles. The van der Waals surface area contributed by atoms with E-state index in [1.54, 1.807) is 0 Å². The lowest BCUT2D eigenvalue weighted by atomic mass is 10.0. The maximum absolute atomic E-state index is 10.4. The van der Waals surface area contributed by atoms with Crippen molar-refractivity contribution in [2.75, 3.05) is 6.61 Å². The number of nitrogens with zero attached hydrogens (tertiary/aromatic N) is 1. The second-order valence-electron chi connectivity index (χ2n) is 4.59. The van der Waals surface area contributed by atoms with Gasteiger partial charge in [0.25, 0.3) is 0 Å². The first kappa shape index (κ1) is 12.9. The quantitative estimate of drug-likeness (QED) is 0.868. The van der Waals surface area contributed by atoms with Crippen LogP contribution in [0.3, 0.4) is 0 Å². The molecule has 0 fully saturated rings. The number of benzene rings is 1. The van der Waals surface area contributed by atoms with E-state index in [-0.39, 0.29) is 12.6 Å². The van der Waals surface area contributed by atoms with Gasteiger partial charge in [-0.1, -0.05) is 30.3 Å². The van der Waals surface area contributed by atoms with Gasteiger partial charge in [0.15, 0.2) is 0 Å². The highest BCUT2D eigenvalue weighted by atomic mass is 16.3. The lowest BCUT2D eigenvalue weighted by Crippen LogP contribution is -2.23. The van der Waals surface area contributed by atoms with Gasteiger partial charge in [-0.3, -0.25) is 0 Å². The van der Waals surface area contributed by atoms with Crippen LogP contribution in [0.15, 0.2) is 42.5 Å². The molecule has 1 aromatic heterocycles. The second kappa shape index (κ2) is 5.38. The van der Waals surface area contributed by atoms with Gasteiger partial charge in [-0.2, -0.15) is 0 Å². The Morgan fingerprint density at radius 1 is 1.00 bits per heavy atom. The van der Waals surface area contributed by atoms with Gasteiger partial charge < -0.3 is 14.8 Å². The minimum Gasteiger partial charge on any atom is -0.394 e. The van der Waals surface area contributed by atoms with Crippen LogP contribution in [-0.2, 0) is 0 Å². The lowest BCUT2D eigenvalue weighted by molar-refractivity contribution is 0.0711. The summed E-state index contributed by atoms with van der Waals surface area (Å²) in [5.41, 5.74) is 2.91. The Morgan fingerprint density at radius 2 is 1.56 bits per heavy atom. The number of hydrogen-bond donors (Lipinski definition) is 2. The molecule has 0 aliphatic rings. The maximum Gasteiger partial charge on any atom is 0.102 e. The van der Waals surface area contributed by atoms with E-state index in [0.29, 0.717) is 0 Å². The standard InChI is InChI=1S/C15H19NO2/c1-11-8-9-12(2)16(11)14(10-17)15(18)13-6-4-3-5-7-13/h3-9,14-15,17-18H,10H2,1-2H3. The van der Waals surface area contributed by atoms with Crippen molar-refractivity contribution in [3.63, 3.8) is 0 Å². The van der Waals surface area contributed by atoms with Gasteiger partial charge in [0.05, 0.1) is 12.6 Å². The Kier molecular flexibility index (Phi) is 3.84. The summed E-state index contributed by atoms with van der Waals surface area (Å²) in [6, 6.07) is 13.1. The Labute approximate surface area is 107 Å². The maximum atomic E-state index is 10.4. The third-order valence-electron chi connectivity index (χ3n) is 3.35. The topological polar surface area (TPSA) is 45.4 Å². The molecule has 1 heterocycles. The smallest absolute Gasteiger partial charge is 0.102 e. The van der Waals surface area contributed by atoms with Crippen molar-refractivity contribution in [3.8, 4) is 0 Å². The Morgan fingerprint density at radius 3 is 2.06 bits per heavy atom. The zero-order valence-electron chi connectivity index (χ0n) is 10.7. The Balaban J connectivity index is 2.35. The average Bonchev–Trinajstić information content (AvgIpc) is 2.72. The molecule has 2 N–H and O–H groups in total. The van der Waals surface area contributed by atoms with Crippen molar-refractivity contribution >= 4 is 0 Å². The second-order valence-corrected chi connectivity index (χ2v) is 4.59. The van der Waals surface area contributed by atoms with Crippen molar-refractivity contribution in [2.24, 2.45) is 0 Å². The molecule has 0 spiro atoms. The number of hydrogen-bond acceptors (Lipinski definition) is 2. The largest absolute Gasteiger partial charge is 0.394 e. The van der Waals surface area contributed by atoms with Crippen LogP contribution in [0.5, 0.6) is 0 Å². The van der Waals surface area contributed by atoms with Crippen LogP contribution in [0.2, 0.25) is 0 Å². The van der Waals surface area contributed by atoms with E-state index >= 15 is 0 Å². The van der Waals surface area contributed by atoms with Gasteiger partial charge in [0.2, 0.25) is 0 Å². The van der Waals surface area contributed by atoms with Gasteiger partial charge in [0.1, 0.15) is 6.10 Å². The molecule has 3 nitrogen and oxygen atoms in total. The van der Waals surface area contributed by atoms with Crippen molar-refractivity contribution < 1.29 is 10.2 Å². The summed E-state index contributed by atoms with van der Waals surface area (Å²) in [7, 11) is 0. The van der Waals surface area contributed by atoms with Crippen molar-refractivity contribution in [1.29, 1.82) is 0 Å². The SMILES string of the molecule is Cc1ccc(C)n1C(CO)C(O)c1ccccc1. The zero-order chi connectivity index (χ0) is 13.1. The molecular weight excluding hydrogens is 226 g/mol. The molecule has 0 amide bonds. The summed E-state index contributed by atoms with van der Waals surface area (Å²) in [6.07, 6.45) is -0.707. The normalized spacial score (nSPS) is 14.4. The molecule has 2 rings (SSSR count). The summed E-state index contributed by atoms with van der Waals surface area (Å²) < 4.78 is 1.98. The molecule has 0 saturated carbocycles. The minimum absolute atomic E-state index is 0.0909. The van der Waals surface area contributed by atoms with Crippen LogP contribution < -0.4 is 0 Å². The predicted molar refractivity (Wildman–Crippen MR) is 71.4 cm³/mol. The fraction of sp³-hybridized carbons (Fsp3) is 0.333. The van der Waals surface area contributed by atoms with Gasteiger partial charge in [-0.05, 0) is 31.5 Å². The van der Waals surface area contributed by atoms with E-state index in [1.807, 2.05) is 60.9 Å². The molecule has 96 valence electrons. The van der Waals surface area contributed by atoms with Crippen LogP contribution in [0.1, 0.15) is 29.1 Å². The van der Waals surface area contributed by atoms with Crippen LogP contribution >= 0.6 is 0 Å². The number of rotatable bonds is 4. The van der Waals surface area contributed by atoms with Crippen LogP contribution in [0.25, 0.3) is 0 Å². The molecule has 2 unspecified atom stereocenters. The van der Waals surface area contributed by atoms with Gasteiger partial charge in [0, 0.05) is 11.4 Å². The molecule has 0 bridgehead atoms. The third kappa shape index (κ3) is 2.33.